The van der Waals surface area contributed by atoms with Crippen LogP contribution in [0.3, 0.4) is 0 Å². The Labute approximate surface area is 388 Å². The second kappa shape index (κ2) is 24.0. The first-order chi connectivity index (χ1) is 32.1. The largest absolute Gasteiger partial charge is 0.497 e. The van der Waals surface area contributed by atoms with Crippen molar-refractivity contribution in [1.82, 2.24) is 30.2 Å². The van der Waals surface area contributed by atoms with Crippen LogP contribution in [0.1, 0.15) is 123 Å². The summed E-state index contributed by atoms with van der Waals surface area (Å²) in [7, 11) is 3.25. The standard InChI is InChI=1S/C17H20N2O3.C17H20N2O2.C16H18N2O3.C2H6/c1-12-5-3-4-10-19(12)17(20)15-11-16(22-18-15)13-6-8-14(21-2)9-7-13;1-12-6-8-14(9-7-12)15-11-16(21-18-15)17(20)19-10-4-3-5-13(19)2;1-20-13-7-5-12(6-8-13)15-11-14(17-21-15)16(19)18-9-3-2-4-10-18;1-2/h6-9,11-12H,3-5,10H2,1-2H3;6-9,11,13H,3-5,10H2,1-2H3;5-8,11H,2-4,9-10H2,1H3;1-2H3. The highest BCUT2D eigenvalue weighted by molar-refractivity contribution is 5.94. The zero-order chi connectivity index (χ0) is 47.0. The van der Waals surface area contributed by atoms with Gasteiger partial charge in [0.2, 0.25) is 5.76 Å². The summed E-state index contributed by atoms with van der Waals surface area (Å²) in [6.07, 6.45) is 9.92. The first-order valence-corrected chi connectivity index (χ1v) is 23.3. The van der Waals surface area contributed by atoms with Crippen LogP contribution in [0.2, 0.25) is 0 Å². The average Bonchev–Trinajstić information content (AvgIpc) is 4.19. The molecule has 2 unspecified atom stereocenters. The van der Waals surface area contributed by atoms with Gasteiger partial charge in [0, 0.05) is 73.2 Å². The molecule has 0 N–H and O–H groups in total. The van der Waals surface area contributed by atoms with Crippen LogP contribution in [0.4, 0.5) is 0 Å². The highest BCUT2D eigenvalue weighted by Crippen LogP contribution is 2.27. The molecule has 0 radical (unpaired) electrons. The van der Waals surface area contributed by atoms with Gasteiger partial charge in [-0.05, 0) is 127 Å². The number of carbonyl (C=O) groups is 3. The molecule has 0 bridgehead atoms. The van der Waals surface area contributed by atoms with Crippen molar-refractivity contribution in [1.29, 1.82) is 0 Å². The quantitative estimate of drug-likeness (QED) is 0.143. The van der Waals surface area contributed by atoms with Crippen molar-refractivity contribution >= 4 is 17.7 Å². The second-order valence-electron chi connectivity index (χ2n) is 16.6. The van der Waals surface area contributed by atoms with Crippen LogP contribution in [-0.2, 0) is 0 Å². The molecule has 3 saturated heterocycles. The number of amides is 3. The molecular formula is C52H64N6O8. The molecule has 3 aliphatic rings. The molecule has 3 aromatic carbocycles. The van der Waals surface area contributed by atoms with Gasteiger partial charge in [-0.1, -0.05) is 59.1 Å². The van der Waals surface area contributed by atoms with Crippen molar-refractivity contribution in [3.63, 3.8) is 0 Å². The second-order valence-corrected chi connectivity index (χ2v) is 16.6. The van der Waals surface area contributed by atoms with Gasteiger partial charge in [0.1, 0.15) is 17.2 Å². The Morgan fingerprint density at radius 2 is 0.985 bits per heavy atom. The van der Waals surface area contributed by atoms with Crippen LogP contribution in [0.15, 0.2) is 105 Å². The van der Waals surface area contributed by atoms with Crippen molar-refractivity contribution in [3.8, 4) is 45.4 Å². The lowest BCUT2D eigenvalue weighted by Crippen LogP contribution is -2.42. The van der Waals surface area contributed by atoms with Crippen LogP contribution in [0.25, 0.3) is 33.9 Å². The van der Waals surface area contributed by atoms with E-state index >= 15 is 0 Å². The minimum Gasteiger partial charge on any atom is -0.497 e. The van der Waals surface area contributed by atoms with E-state index in [9.17, 15) is 14.4 Å². The van der Waals surface area contributed by atoms with E-state index in [1.54, 1.807) is 32.4 Å². The molecule has 0 saturated carbocycles. The van der Waals surface area contributed by atoms with Crippen LogP contribution < -0.4 is 9.47 Å². The average molecular weight is 901 g/mol. The molecule has 9 rings (SSSR count). The number of ether oxygens (including phenoxy) is 2. The van der Waals surface area contributed by atoms with E-state index in [0.717, 1.165) is 92.9 Å². The minimum atomic E-state index is -0.0481. The lowest BCUT2D eigenvalue weighted by atomic mass is 10.0. The van der Waals surface area contributed by atoms with E-state index < -0.39 is 0 Å². The fraction of sp³-hybridized carbons (Fsp3) is 0.423. The molecule has 6 aromatic rings. The number of likely N-dealkylation sites (tertiary alicyclic amines) is 3. The summed E-state index contributed by atoms with van der Waals surface area (Å²) in [6, 6.07) is 28.7. The molecular weight excluding hydrogens is 837 g/mol. The van der Waals surface area contributed by atoms with E-state index in [0.29, 0.717) is 34.4 Å². The zero-order valence-corrected chi connectivity index (χ0v) is 39.5. The summed E-state index contributed by atoms with van der Waals surface area (Å²) in [5.41, 5.74) is 5.38. The van der Waals surface area contributed by atoms with E-state index in [2.05, 4.69) is 29.3 Å². The Morgan fingerprint density at radius 1 is 0.530 bits per heavy atom. The van der Waals surface area contributed by atoms with Crippen LogP contribution in [-0.4, -0.2) is 100 Å². The van der Waals surface area contributed by atoms with Crippen molar-refractivity contribution in [2.75, 3.05) is 40.4 Å². The zero-order valence-electron chi connectivity index (χ0n) is 39.5. The topological polar surface area (TPSA) is 157 Å². The molecule has 3 aliphatic heterocycles. The van der Waals surface area contributed by atoms with Gasteiger partial charge in [-0.3, -0.25) is 14.4 Å². The van der Waals surface area contributed by atoms with Gasteiger partial charge in [-0.25, -0.2) is 0 Å². The third-order valence-corrected chi connectivity index (χ3v) is 12.0. The van der Waals surface area contributed by atoms with E-state index in [1.807, 2.05) is 108 Å². The number of rotatable bonds is 8. The Morgan fingerprint density at radius 3 is 1.47 bits per heavy atom. The van der Waals surface area contributed by atoms with Crippen molar-refractivity contribution in [2.45, 2.75) is 104 Å². The maximum absolute atomic E-state index is 12.5. The molecule has 3 fully saturated rings. The highest BCUT2D eigenvalue weighted by atomic mass is 16.5. The highest BCUT2D eigenvalue weighted by Gasteiger charge is 2.28. The number of carbonyl (C=O) groups excluding carboxylic acids is 3. The molecule has 3 aromatic heterocycles. The van der Waals surface area contributed by atoms with Crippen LogP contribution >= 0.6 is 0 Å². The van der Waals surface area contributed by atoms with Gasteiger partial charge >= 0.3 is 0 Å². The predicted molar refractivity (Wildman–Crippen MR) is 253 cm³/mol. The van der Waals surface area contributed by atoms with Gasteiger partial charge in [0.05, 0.1) is 14.2 Å². The van der Waals surface area contributed by atoms with Crippen molar-refractivity contribution < 1.29 is 37.4 Å². The Kier molecular flexibility index (Phi) is 17.7. The molecule has 66 heavy (non-hydrogen) atoms. The third-order valence-electron chi connectivity index (χ3n) is 12.0. The van der Waals surface area contributed by atoms with Gasteiger partial charge in [-0.2, -0.15) is 0 Å². The molecule has 3 amide bonds. The molecule has 2 atom stereocenters. The molecule has 14 heteroatoms. The number of benzene rings is 3. The number of methoxy groups -OCH3 is 2. The molecule has 350 valence electrons. The molecule has 0 aliphatic carbocycles. The first-order valence-electron chi connectivity index (χ1n) is 23.3. The summed E-state index contributed by atoms with van der Waals surface area (Å²) in [6.45, 7) is 13.4. The Hall–Kier alpha value is -6.70. The van der Waals surface area contributed by atoms with Crippen molar-refractivity contribution in [2.24, 2.45) is 0 Å². The smallest absolute Gasteiger partial charge is 0.292 e. The summed E-state index contributed by atoms with van der Waals surface area (Å²) >= 11 is 0. The lowest BCUT2D eigenvalue weighted by Gasteiger charge is -2.32. The van der Waals surface area contributed by atoms with Crippen LogP contribution in [0, 0.1) is 6.92 Å². The summed E-state index contributed by atoms with van der Waals surface area (Å²) < 4.78 is 26.2. The first kappa shape index (κ1) is 48.7. The number of aromatic nitrogens is 3. The predicted octanol–water partition coefficient (Wildman–Crippen LogP) is 11.0. The summed E-state index contributed by atoms with van der Waals surface area (Å²) in [4.78, 5) is 43.0. The summed E-state index contributed by atoms with van der Waals surface area (Å²) in [5.74, 6) is 2.94. The van der Waals surface area contributed by atoms with Crippen LogP contribution in [0.5, 0.6) is 11.5 Å². The summed E-state index contributed by atoms with van der Waals surface area (Å²) in [5, 5.41) is 11.9. The van der Waals surface area contributed by atoms with Gasteiger partial charge in [0.25, 0.3) is 17.7 Å². The molecule has 0 spiro atoms. The number of nitrogens with zero attached hydrogens (tertiary/aromatic N) is 6. The number of aryl methyl sites for hydroxylation is 1. The molecule has 6 heterocycles. The maximum atomic E-state index is 12.5. The Balaban J connectivity index is 0.000000161. The van der Waals surface area contributed by atoms with Gasteiger partial charge < -0.3 is 37.7 Å². The Bertz CT molecular complexity index is 2430. The molecule has 14 nitrogen and oxygen atoms in total. The maximum Gasteiger partial charge on any atom is 0.292 e. The normalized spacial score (nSPS) is 16.9. The van der Waals surface area contributed by atoms with Crippen molar-refractivity contribution in [3.05, 3.63) is 114 Å². The monoisotopic (exact) mass is 900 g/mol. The fourth-order valence-corrected chi connectivity index (χ4v) is 8.12. The number of piperidine rings is 3. The van der Waals surface area contributed by atoms with Gasteiger partial charge in [0.15, 0.2) is 22.9 Å². The fourth-order valence-electron chi connectivity index (χ4n) is 8.12. The van der Waals surface area contributed by atoms with Gasteiger partial charge in [-0.15, -0.1) is 0 Å². The number of hydrogen-bond acceptors (Lipinski definition) is 11. The minimum absolute atomic E-state index is 0.0433. The van der Waals surface area contributed by atoms with E-state index in [-0.39, 0.29) is 29.8 Å². The van der Waals surface area contributed by atoms with E-state index in [1.165, 1.54) is 24.8 Å². The van der Waals surface area contributed by atoms with E-state index in [4.69, 9.17) is 23.0 Å². The number of hydrogen-bond donors (Lipinski definition) is 0. The third kappa shape index (κ3) is 12.5. The lowest BCUT2D eigenvalue weighted by molar-refractivity contribution is 0.0591. The SMILES string of the molecule is CC.COc1ccc(-c2cc(C(=O)N3CCCCC3)no2)cc1.COc1ccc(-c2cc(C(=O)N3CCCCC3C)no2)cc1.Cc1ccc(-c2cc(C(=O)N3CCCCC3C)on2)cc1.